The molecule has 1 aromatic carbocycles. The highest BCUT2D eigenvalue weighted by Gasteiger charge is 2.19. The van der Waals surface area contributed by atoms with Gasteiger partial charge in [0, 0.05) is 0 Å². The lowest BCUT2D eigenvalue weighted by atomic mass is 9.96. The molecule has 0 unspecified atom stereocenters. The largest absolute Gasteiger partial charge is 0.240 e. The van der Waals surface area contributed by atoms with Crippen molar-refractivity contribution in [3.8, 4) is 0 Å². The standard InChI is InChI=1S/C14H15N3/c1-11-6-5-9-13-14(11)17(16-15-13)10-12-7-3-2-4-8-12/h2-4,7-8H,1,5-6,9-10H2. The van der Waals surface area contributed by atoms with Crippen molar-refractivity contribution in [3.63, 3.8) is 0 Å². The van der Waals surface area contributed by atoms with E-state index in [1.807, 2.05) is 22.9 Å². The first-order valence-electron chi connectivity index (χ1n) is 5.99. The van der Waals surface area contributed by atoms with Gasteiger partial charge in [-0.3, -0.25) is 0 Å². The van der Waals surface area contributed by atoms with Crippen molar-refractivity contribution in [1.82, 2.24) is 15.0 Å². The molecule has 0 spiro atoms. The van der Waals surface area contributed by atoms with Crippen LogP contribution in [0.4, 0.5) is 0 Å². The monoisotopic (exact) mass is 225 g/mol. The molecule has 0 saturated carbocycles. The van der Waals surface area contributed by atoms with E-state index in [-0.39, 0.29) is 0 Å². The third-order valence-corrected chi connectivity index (χ3v) is 3.21. The van der Waals surface area contributed by atoms with Gasteiger partial charge in [-0.25, -0.2) is 4.68 Å². The third-order valence-electron chi connectivity index (χ3n) is 3.21. The zero-order valence-electron chi connectivity index (χ0n) is 9.76. The first-order valence-corrected chi connectivity index (χ1v) is 5.99. The van der Waals surface area contributed by atoms with Crippen molar-refractivity contribution in [2.45, 2.75) is 25.8 Å². The molecule has 0 atom stereocenters. The van der Waals surface area contributed by atoms with E-state index in [1.54, 1.807) is 0 Å². The maximum atomic E-state index is 4.26. The number of fused-ring (bicyclic) bond motifs is 1. The lowest BCUT2D eigenvalue weighted by molar-refractivity contribution is 0.641. The molecule has 1 aromatic heterocycles. The minimum Gasteiger partial charge on any atom is -0.240 e. The Morgan fingerprint density at radius 2 is 2.00 bits per heavy atom. The van der Waals surface area contributed by atoms with E-state index in [1.165, 1.54) is 11.1 Å². The quantitative estimate of drug-likeness (QED) is 0.786. The molecule has 0 aliphatic heterocycles. The third kappa shape index (κ3) is 1.88. The summed E-state index contributed by atoms with van der Waals surface area (Å²) in [5, 5.41) is 8.50. The highest BCUT2D eigenvalue weighted by atomic mass is 15.4. The van der Waals surface area contributed by atoms with E-state index >= 15 is 0 Å². The van der Waals surface area contributed by atoms with E-state index in [2.05, 4.69) is 29.0 Å². The maximum absolute atomic E-state index is 4.26. The lowest BCUT2D eigenvalue weighted by Gasteiger charge is -2.14. The van der Waals surface area contributed by atoms with E-state index in [0.29, 0.717) is 0 Å². The lowest BCUT2D eigenvalue weighted by Crippen LogP contribution is -2.09. The van der Waals surface area contributed by atoms with Crippen LogP contribution in [0.25, 0.3) is 5.57 Å². The SMILES string of the molecule is C=C1CCCc2nnn(Cc3ccccc3)c21. The minimum atomic E-state index is 0.780. The summed E-state index contributed by atoms with van der Waals surface area (Å²) in [7, 11) is 0. The summed E-state index contributed by atoms with van der Waals surface area (Å²) in [6.07, 6.45) is 3.24. The van der Waals surface area contributed by atoms with Gasteiger partial charge in [0.25, 0.3) is 0 Å². The smallest absolute Gasteiger partial charge is 0.0903 e. The molecule has 3 heteroatoms. The van der Waals surface area contributed by atoms with Gasteiger partial charge in [-0.05, 0) is 30.4 Å². The number of benzene rings is 1. The predicted octanol–water partition coefficient (Wildman–Crippen LogP) is 2.68. The molecule has 86 valence electrons. The van der Waals surface area contributed by atoms with Gasteiger partial charge in [-0.1, -0.05) is 42.1 Å². The minimum absolute atomic E-state index is 0.780. The van der Waals surface area contributed by atoms with Gasteiger partial charge in [0.05, 0.1) is 17.9 Å². The van der Waals surface area contributed by atoms with Crippen molar-refractivity contribution >= 4 is 5.57 Å². The fourth-order valence-corrected chi connectivity index (χ4v) is 2.36. The fourth-order valence-electron chi connectivity index (χ4n) is 2.36. The molecule has 3 rings (SSSR count). The summed E-state index contributed by atoms with van der Waals surface area (Å²) in [6, 6.07) is 10.3. The van der Waals surface area contributed by atoms with E-state index in [0.717, 1.165) is 37.2 Å². The summed E-state index contributed by atoms with van der Waals surface area (Å²) < 4.78 is 1.98. The maximum Gasteiger partial charge on any atom is 0.0903 e. The molecule has 0 amide bonds. The summed E-state index contributed by atoms with van der Waals surface area (Å²) in [6.45, 7) is 4.91. The van der Waals surface area contributed by atoms with Gasteiger partial charge in [-0.15, -0.1) is 5.10 Å². The molecule has 0 saturated heterocycles. The molecule has 1 heterocycles. The Morgan fingerprint density at radius 3 is 2.82 bits per heavy atom. The Kier molecular flexibility index (Phi) is 2.52. The van der Waals surface area contributed by atoms with Crippen LogP contribution in [0.15, 0.2) is 36.9 Å². The van der Waals surface area contributed by atoms with E-state index in [9.17, 15) is 0 Å². The Balaban J connectivity index is 1.94. The number of hydrogen-bond acceptors (Lipinski definition) is 2. The van der Waals surface area contributed by atoms with Crippen LogP contribution in [0.3, 0.4) is 0 Å². The molecule has 0 bridgehead atoms. The topological polar surface area (TPSA) is 30.7 Å². The van der Waals surface area contributed by atoms with Gasteiger partial charge in [0.1, 0.15) is 0 Å². The Labute approximate surface area is 101 Å². The molecule has 17 heavy (non-hydrogen) atoms. The fraction of sp³-hybridized carbons (Fsp3) is 0.286. The van der Waals surface area contributed by atoms with Gasteiger partial charge in [-0.2, -0.15) is 0 Å². The molecular formula is C14H15N3. The number of nitrogens with zero attached hydrogens (tertiary/aromatic N) is 3. The second kappa shape index (κ2) is 4.17. The van der Waals surface area contributed by atoms with E-state index in [4.69, 9.17) is 0 Å². The highest BCUT2D eigenvalue weighted by molar-refractivity contribution is 5.63. The van der Waals surface area contributed by atoms with Gasteiger partial charge in [0.2, 0.25) is 0 Å². The highest BCUT2D eigenvalue weighted by Crippen LogP contribution is 2.27. The van der Waals surface area contributed by atoms with Crippen LogP contribution in [-0.4, -0.2) is 15.0 Å². The van der Waals surface area contributed by atoms with Crippen LogP contribution < -0.4 is 0 Å². The summed E-state index contributed by atoms with van der Waals surface area (Å²) >= 11 is 0. The van der Waals surface area contributed by atoms with Crippen molar-refractivity contribution in [3.05, 3.63) is 53.9 Å². The predicted molar refractivity (Wildman–Crippen MR) is 67.5 cm³/mol. The first kappa shape index (κ1) is 10.3. The Morgan fingerprint density at radius 1 is 1.18 bits per heavy atom. The van der Waals surface area contributed by atoms with Gasteiger partial charge >= 0.3 is 0 Å². The van der Waals surface area contributed by atoms with Crippen LogP contribution in [0.5, 0.6) is 0 Å². The number of aryl methyl sites for hydroxylation is 1. The van der Waals surface area contributed by atoms with Crippen molar-refractivity contribution in [1.29, 1.82) is 0 Å². The van der Waals surface area contributed by atoms with Crippen LogP contribution in [0, 0.1) is 0 Å². The number of aromatic nitrogens is 3. The van der Waals surface area contributed by atoms with Crippen LogP contribution in [0.1, 0.15) is 29.8 Å². The second-order valence-electron chi connectivity index (χ2n) is 4.49. The van der Waals surface area contributed by atoms with Crippen LogP contribution >= 0.6 is 0 Å². The molecule has 3 nitrogen and oxygen atoms in total. The first-order chi connectivity index (χ1) is 8.34. The van der Waals surface area contributed by atoms with Crippen molar-refractivity contribution < 1.29 is 0 Å². The Bertz CT molecular complexity index is 540. The van der Waals surface area contributed by atoms with E-state index < -0.39 is 0 Å². The Hall–Kier alpha value is -1.90. The zero-order chi connectivity index (χ0) is 11.7. The van der Waals surface area contributed by atoms with Crippen LogP contribution in [-0.2, 0) is 13.0 Å². The molecular weight excluding hydrogens is 210 g/mol. The molecule has 0 N–H and O–H groups in total. The summed E-state index contributed by atoms with van der Waals surface area (Å²) in [5.41, 5.74) is 4.68. The average molecular weight is 225 g/mol. The number of allylic oxidation sites excluding steroid dienone is 1. The normalized spacial score (nSPS) is 14.7. The van der Waals surface area contributed by atoms with Crippen molar-refractivity contribution in [2.75, 3.05) is 0 Å². The van der Waals surface area contributed by atoms with Crippen LogP contribution in [0.2, 0.25) is 0 Å². The average Bonchev–Trinajstić information content (AvgIpc) is 2.75. The molecule has 1 aliphatic rings. The molecule has 0 fully saturated rings. The van der Waals surface area contributed by atoms with Gasteiger partial charge < -0.3 is 0 Å². The molecule has 2 aromatic rings. The number of hydrogen-bond donors (Lipinski definition) is 0. The summed E-state index contributed by atoms with van der Waals surface area (Å²) in [4.78, 5) is 0. The number of rotatable bonds is 2. The summed E-state index contributed by atoms with van der Waals surface area (Å²) in [5.74, 6) is 0. The molecule has 0 radical (unpaired) electrons. The zero-order valence-corrected chi connectivity index (χ0v) is 9.76. The van der Waals surface area contributed by atoms with Gasteiger partial charge in [0.15, 0.2) is 0 Å². The van der Waals surface area contributed by atoms with Crippen molar-refractivity contribution in [2.24, 2.45) is 0 Å². The second-order valence-corrected chi connectivity index (χ2v) is 4.49. The molecule has 1 aliphatic carbocycles.